The van der Waals surface area contributed by atoms with Crippen LogP contribution in [-0.2, 0) is 7.05 Å². The van der Waals surface area contributed by atoms with Gasteiger partial charge in [-0.1, -0.05) is 17.7 Å². The maximum atomic E-state index is 12.7. The molecule has 0 spiro atoms. The monoisotopic (exact) mass is 396 g/mol. The summed E-state index contributed by atoms with van der Waals surface area (Å²) in [5.74, 6) is -0.357. The van der Waals surface area contributed by atoms with Gasteiger partial charge in [-0.05, 0) is 41.8 Å². The lowest BCUT2D eigenvalue weighted by Crippen LogP contribution is -2.28. The van der Waals surface area contributed by atoms with Gasteiger partial charge in [0.2, 0.25) is 0 Å². The number of fused-ring (bicyclic) bond motifs is 1. The van der Waals surface area contributed by atoms with Crippen molar-refractivity contribution in [2.75, 3.05) is 23.3 Å². The lowest BCUT2D eigenvalue weighted by Gasteiger charge is -2.17. The molecule has 0 saturated carbocycles. The fourth-order valence-electron chi connectivity index (χ4n) is 3.18. The van der Waals surface area contributed by atoms with Crippen molar-refractivity contribution >= 4 is 45.7 Å². The second kappa shape index (κ2) is 7.01. The van der Waals surface area contributed by atoms with E-state index in [1.807, 2.05) is 6.07 Å². The fourth-order valence-corrected chi connectivity index (χ4v) is 3.40. The normalized spacial score (nSPS) is 13.6. The minimum atomic E-state index is -0.357. The number of nitrogens with zero attached hydrogens (tertiary/aromatic N) is 2. The summed E-state index contributed by atoms with van der Waals surface area (Å²) in [5, 5.41) is 7.22. The van der Waals surface area contributed by atoms with Gasteiger partial charge >= 0.3 is 6.03 Å². The smallest absolute Gasteiger partial charge is 0.322 e. The molecule has 2 aromatic carbocycles. The van der Waals surface area contributed by atoms with Crippen LogP contribution in [0, 0.1) is 0 Å². The van der Waals surface area contributed by atoms with E-state index >= 15 is 0 Å². The van der Waals surface area contributed by atoms with E-state index in [0.717, 1.165) is 5.39 Å². The summed E-state index contributed by atoms with van der Waals surface area (Å²) < 4.78 is 1.49. The summed E-state index contributed by atoms with van der Waals surface area (Å²) in [7, 11) is 1.68. The summed E-state index contributed by atoms with van der Waals surface area (Å²) in [6.45, 7) is 1.01. The quantitative estimate of drug-likeness (QED) is 0.714. The number of aromatic nitrogens is 1. The van der Waals surface area contributed by atoms with Crippen LogP contribution >= 0.6 is 11.6 Å². The van der Waals surface area contributed by atoms with Gasteiger partial charge in [-0.2, -0.15) is 0 Å². The highest BCUT2D eigenvalue weighted by atomic mass is 35.5. The van der Waals surface area contributed by atoms with Crippen molar-refractivity contribution in [1.82, 2.24) is 9.88 Å². The Morgan fingerprint density at radius 1 is 1.14 bits per heavy atom. The molecule has 1 aliphatic heterocycles. The molecule has 2 heterocycles. The van der Waals surface area contributed by atoms with Gasteiger partial charge in [0.1, 0.15) is 0 Å². The molecule has 0 radical (unpaired) electrons. The molecular weight excluding hydrogens is 380 g/mol. The summed E-state index contributed by atoms with van der Waals surface area (Å²) >= 11 is 6.21. The van der Waals surface area contributed by atoms with E-state index in [2.05, 4.69) is 10.6 Å². The predicted octanol–water partition coefficient (Wildman–Crippen LogP) is 2.97. The van der Waals surface area contributed by atoms with E-state index in [1.165, 1.54) is 9.47 Å². The van der Waals surface area contributed by atoms with Gasteiger partial charge in [0, 0.05) is 43.0 Å². The van der Waals surface area contributed by atoms with Crippen LogP contribution < -0.4 is 21.1 Å². The molecule has 28 heavy (non-hydrogen) atoms. The van der Waals surface area contributed by atoms with Crippen molar-refractivity contribution in [3.05, 3.63) is 69.6 Å². The van der Waals surface area contributed by atoms with Gasteiger partial charge in [-0.3, -0.25) is 14.5 Å². The van der Waals surface area contributed by atoms with E-state index in [0.29, 0.717) is 40.4 Å². The topological polar surface area (TPSA) is 83.4 Å². The lowest BCUT2D eigenvalue weighted by molar-refractivity contribution is 0.102. The van der Waals surface area contributed by atoms with Crippen LogP contribution in [0.4, 0.5) is 16.2 Å². The Balaban J connectivity index is 1.64. The number of hydrogen-bond acceptors (Lipinski definition) is 3. The molecule has 1 fully saturated rings. The Morgan fingerprint density at radius 2 is 1.96 bits per heavy atom. The van der Waals surface area contributed by atoms with E-state index in [9.17, 15) is 14.4 Å². The number of hydrogen-bond donors (Lipinski definition) is 2. The van der Waals surface area contributed by atoms with Crippen molar-refractivity contribution < 1.29 is 9.59 Å². The number of halogens is 1. The highest BCUT2D eigenvalue weighted by molar-refractivity contribution is 6.34. The largest absolute Gasteiger partial charge is 0.336 e. The number of rotatable bonds is 3. The zero-order chi connectivity index (χ0) is 19.8. The molecule has 2 N–H and O–H groups in total. The Bertz CT molecular complexity index is 1170. The number of anilines is 2. The Hall–Kier alpha value is -3.32. The molecule has 1 saturated heterocycles. The Morgan fingerprint density at radius 3 is 2.71 bits per heavy atom. The number of pyridine rings is 1. The van der Waals surface area contributed by atoms with Crippen molar-refractivity contribution in [3.8, 4) is 0 Å². The maximum absolute atomic E-state index is 12.7. The van der Waals surface area contributed by atoms with E-state index in [-0.39, 0.29) is 17.5 Å². The van der Waals surface area contributed by atoms with Crippen LogP contribution in [-0.4, -0.2) is 29.6 Å². The van der Waals surface area contributed by atoms with Crippen molar-refractivity contribution in [2.45, 2.75) is 0 Å². The van der Waals surface area contributed by atoms with Gasteiger partial charge in [-0.15, -0.1) is 0 Å². The average molecular weight is 397 g/mol. The second-order valence-corrected chi connectivity index (χ2v) is 6.94. The molecular formula is C20H17ClN4O3. The lowest BCUT2D eigenvalue weighted by atomic mass is 10.1. The third-order valence-electron chi connectivity index (χ3n) is 4.70. The number of carbonyl (C=O) groups excluding carboxylic acids is 2. The first-order chi connectivity index (χ1) is 13.4. The molecule has 0 bridgehead atoms. The maximum Gasteiger partial charge on any atom is 0.322 e. The predicted molar refractivity (Wildman–Crippen MR) is 109 cm³/mol. The highest BCUT2D eigenvalue weighted by Gasteiger charge is 2.24. The van der Waals surface area contributed by atoms with Gasteiger partial charge < -0.3 is 15.2 Å². The van der Waals surface area contributed by atoms with Crippen molar-refractivity contribution in [1.29, 1.82) is 0 Å². The van der Waals surface area contributed by atoms with Crippen LogP contribution in [0.3, 0.4) is 0 Å². The Labute approximate surface area is 165 Å². The number of aryl methyl sites for hydroxylation is 1. The van der Waals surface area contributed by atoms with E-state index < -0.39 is 0 Å². The van der Waals surface area contributed by atoms with Gasteiger partial charge in [-0.25, -0.2) is 4.79 Å². The van der Waals surface area contributed by atoms with Crippen LogP contribution in [0.5, 0.6) is 0 Å². The first-order valence-corrected chi connectivity index (χ1v) is 9.07. The highest BCUT2D eigenvalue weighted by Crippen LogP contribution is 2.28. The zero-order valence-electron chi connectivity index (χ0n) is 15.0. The Kier molecular flexibility index (Phi) is 4.52. The first kappa shape index (κ1) is 18.1. The number of amides is 3. The molecule has 0 atom stereocenters. The van der Waals surface area contributed by atoms with Crippen LogP contribution in [0.1, 0.15) is 10.4 Å². The van der Waals surface area contributed by atoms with Gasteiger partial charge in [0.05, 0.1) is 10.7 Å². The molecule has 3 aromatic rings. The summed E-state index contributed by atoms with van der Waals surface area (Å²) in [4.78, 5) is 38.4. The molecule has 8 heteroatoms. The molecule has 4 rings (SSSR count). The minimum Gasteiger partial charge on any atom is -0.336 e. The summed E-state index contributed by atoms with van der Waals surface area (Å²) in [6.07, 6.45) is 1.70. The van der Waals surface area contributed by atoms with E-state index in [4.69, 9.17) is 11.6 Å². The van der Waals surface area contributed by atoms with E-state index in [1.54, 1.807) is 49.6 Å². The molecule has 1 aromatic heterocycles. The molecule has 7 nitrogen and oxygen atoms in total. The zero-order valence-corrected chi connectivity index (χ0v) is 15.8. The third kappa shape index (κ3) is 3.20. The third-order valence-corrected chi connectivity index (χ3v) is 5.02. The van der Waals surface area contributed by atoms with Crippen molar-refractivity contribution in [3.63, 3.8) is 0 Å². The minimum absolute atomic E-state index is 0.137. The first-order valence-electron chi connectivity index (χ1n) is 8.70. The SMILES string of the molecule is Cn1ccc2ccc(NC(=O)c3ccc(Cl)c(N4CCNC4=O)c3)cc2c1=O. The number of nitrogens with one attached hydrogen (secondary N) is 2. The number of carbonyl (C=O) groups is 2. The van der Waals surface area contributed by atoms with Crippen LogP contribution in [0.2, 0.25) is 5.02 Å². The summed E-state index contributed by atoms with van der Waals surface area (Å²) in [5.41, 5.74) is 1.22. The second-order valence-electron chi connectivity index (χ2n) is 6.54. The van der Waals surface area contributed by atoms with Gasteiger partial charge in [0.15, 0.2) is 0 Å². The number of benzene rings is 2. The summed E-state index contributed by atoms with van der Waals surface area (Å²) in [6, 6.07) is 11.5. The van der Waals surface area contributed by atoms with Crippen LogP contribution in [0.25, 0.3) is 10.8 Å². The fraction of sp³-hybridized carbons (Fsp3) is 0.150. The molecule has 142 valence electrons. The number of urea groups is 1. The standard InChI is InChI=1S/C20H17ClN4O3/c1-24-8-6-12-2-4-14(11-15(12)19(24)27)23-18(26)13-3-5-16(21)17(10-13)25-9-7-22-20(25)28/h2-6,8,10-11H,7,9H2,1H3,(H,22,28)(H,23,26). The molecule has 1 aliphatic rings. The van der Waals surface area contributed by atoms with Crippen molar-refractivity contribution in [2.24, 2.45) is 7.05 Å². The van der Waals surface area contributed by atoms with Gasteiger partial charge in [0.25, 0.3) is 11.5 Å². The molecule has 3 amide bonds. The average Bonchev–Trinajstić information content (AvgIpc) is 3.11. The molecule has 0 unspecified atom stereocenters. The van der Waals surface area contributed by atoms with Crippen LogP contribution in [0.15, 0.2) is 53.5 Å². The molecule has 0 aliphatic carbocycles.